The van der Waals surface area contributed by atoms with Crippen molar-refractivity contribution < 1.29 is 18.7 Å². The fraction of sp³-hybridized carbons (Fsp3) is 0.316. The molecule has 0 radical (unpaired) electrons. The van der Waals surface area contributed by atoms with Crippen molar-refractivity contribution in [1.29, 1.82) is 0 Å². The second kappa shape index (κ2) is 11.5. The van der Waals surface area contributed by atoms with Crippen LogP contribution in [0.25, 0.3) is 0 Å². The van der Waals surface area contributed by atoms with Crippen molar-refractivity contribution in [3.8, 4) is 11.5 Å². The molecule has 7 heteroatoms. The monoisotopic (exact) mass is 382 g/mol. The molecule has 2 rings (SSSR count). The lowest BCUT2D eigenvalue weighted by Crippen LogP contribution is -2.34. The number of benzene rings is 2. The van der Waals surface area contributed by atoms with Gasteiger partial charge < -0.3 is 20.1 Å². The average molecular weight is 383 g/mol. The van der Waals surface area contributed by atoms with E-state index < -0.39 is 0 Å². The zero-order chi connectivity index (χ0) is 18.1. The second-order valence-corrected chi connectivity index (χ2v) is 5.60. The summed E-state index contributed by atoms with van der Waals surface area (Å²) < 4.78 is 23.6. The maximum atomic E-state index is 12.9. The predicted octanol–water partition coefficient (Wildman–Crippen LogP) is 3.20. The van der Waals surface area contributed by atoms with Crippen molar-refractivity contribution in [3.05, 3.63) is 59.4 Å². The molecule has 5 nitrogen and oxygen atoms in total. The molecule has 0 fully saturated rings. The zero-order valence-corrected chi connectivity index (χ0v) is 15.7. The van der Waals surface area contributed by atoms with Crippen molar-refractivity contribution in [2.75, 3.05) is 26.8 Å². The van der Waals surface area contributed by atoms with Crippen LogP contribution >= 0.6 is 12.4 Å². The molecule has 0 aliphatic heterocycles. The van der Waals surface area contributed by atoms with Gasteiger partial charge in [-0.15, -0.1) is 12.4 Å². The van der Waals surface area contributed by atoms with Gasteiger partial charge in [-0.05, 0) is 48.4 Å². The highest BCUT2D eigenvalue weighted by Crippen LogP contribution is 2.25. The van der Waals surface area contributed by atoms with Crippen LogP contribution in [-0.4, -0.2) is 32.7 Å². The Kier molecular flexibility index (Phi) is 9.65. The Morgan fingerprint density at radius 3 is 2.54 bits per heavy atom. The first kappa shape index (κ1) is 21.9. The van der Waals surface area contributed by atoms with E-state index in [-0.39, 0.29) is 30.7 Å². The Morgan fingerprint density at radius 1 is 1.15 bits per heavy atom. The number of methoxy groups -OCH3 is 1. The smallest absolute Gasteiger partial charge is 0.234 e. The highest BCUT2D eigenvalue weighted by Gasteiger charge is 2.05. The van der Waals surface area contributed by atoms with Crippen molar-refractivity contribution >= 4 is 18.3 Å². The van der Waals surface area contributed by atoms with Gasteiger partial charge in [0.1, 0.15) is 17.3 Å². The Bertz CT molecular complexity index is 696. The first-order valence-corrected chi connectivity index (χ1v) is 8.08. The molecule has 0 spiro atoms. The highest BCUT2D eigenvalue weighted by molar-refractivity contribution is 5.85. The van der Waals surface area contributed by atoms with Crippen LogP contribution < -0.4 is 15.4 Å². The Hall–Kier alpha value is -2.15. The molecule has 2 aromatic carbocycles. The molecule has 0 saturated heterocycles. The topological polar surface area (TPSA) is 59.6 Å². The van der Waals surface area contributed by atoms with Gasteiger partial charge in [0.05, 0.1) is 13.2 Å². The molecular weight excluding hydrogens is 359 g/mol. The van der Waals surface area contributed by atoms with Gasteiger partial charge in [-0.2, -0.15) is 0 Å². The minimum absolute atomic E-state index is 0. The van der Waals surface area contributed by atoms with E-state index in [9.17, 15) is 9.18 Å². The van der Waals surface area contributed by atoms with Gasteiger partial charge in [-0.1, -0.05) is 12.1 Å². The SMILES string of the molecule is COCCNCC(=O)NCc1ccc(Oc2ccc(F)cc2)c(C)c1.Cl. The van der Waals surface area contributed by atoms with Crippen LogP contribution in [0.2, 0.25) is 0 Å². The molecule has 0 bridgehead atoms. The van der Waals surface area contributed by atoms with Crippen LogP contribution in [-0.2, 0) is 16.1 Å². The number of carbonyl (C=O) groups is 1. The van der Waals surface area contributed by atoms with Crippen molar-refractivity contribution in [1.82, 2.24) is 10.6 Å². The van der Waals surface area contributed by atoms with Gasteiger partial charge in [0.25, 0.3) is 0 Å². The standard InChI is InChI=1S/C19H23FN2O3.ClH/c1-14-11-15(12-22-19(23)13-21-9-10-24-2)3-8-18(14)25-17-6-4-16(20)5-7-17;/h3-8,11,21H,9-10,12-13H2,1-2H3,(H,22,23);1H. The van der Waals surface area contributed by atoms with E-state index in [1.165, 1.54) is 12.1 Å². The van der Waals surface area contributed by atoms with Crippen molar-refractivity contribution in [2.24, 2.45) is 0 Å². The lowest BCUT2D eigenvalue weighted by molar-refractivity contribution is -0.120. The summed E-state index contributed by atoms with van der Waals surface area (Å²) in [7, 11) is 1.62. The average Bonchev–Trinajstić information content (AvgIpc) is 2.61. The lowest BCUT2D eigenvalue weighted by Gasteiger charge is -2.11. The lowest BCUT2D eigenvalue weighted by atomic mass is 10.1. The maximum Gasteiger partial charge on any atom is 0.234 e. The molecule has 0 saturated carbocycles. The van der Waals surface area contributed by atoms with Gasteiger partial charge in [-0.25, -0.2) is 4.39 Å². The van der Waals surface area contributed by atoms with Crippen LogP contribution in [0.5, 0.6) is 11.5 Å². The van der Waals surface area contributed by atoms with Crippen molar-refractivity contribution in [2.45, 2.75) is 13.5 Å². The normalized spacial score (nSPS) is 10.1. The molecule has 142 valence electrons. The minimum Gasteiger partial charge on any atom is -0.457 e. The third-order valence-electron chi connectivity index (χ3n) is 3.54. The summed E-state index contributed by atoms with van der Waals surface area (Å²) in [6.45, 7) is 3.84. The number of amides is 1. The molecule has 0 heterocycles. The molecule has 1 amide bonds. The summed E-state index contributed by atoms with van der Waals surface area (Å²) in [5.74, 6) is 0.905. The largest absolute Gasteiger partial charge is 0.457 e. The molecule has 26 heavy (non-hydrogen) atoms. The van der Waals surface area contributed by atoms with Crippen LogP contribution in [0.4, 0.5) is 4.39 Å². The Morgan fingerprint density at radius 2 is 1.88 bits per heavy atom. The minimum atomic E-state index is -0.299. The summed E-state index contributed by atoms with van der Waals surface area (Å²) in [4.78, 5) is 11.7. The quantitative estimate of drug-likeness (QED) is 0.654. The number of aryl methyl sites for hydroxylation is 1. The molecule has 0 aliphatic rings. The third kappa shape index (κ3) is 7.39. The highest BCUT2D eigenvalue weighted by atomic mass is 35.5. The summed E-state index contributed by atoms with van der Waals surface area (Å²) >= 11 is 0. The molecule has 0 atom stereocenters. The summed E-state index contributed by atoms with van der Waals surface area (Å²) in [5, 5.41) is 5.84. The Labute approximate surface area is 159 Å². The van der Waals surface area contributed by atoms with Crippen LogP contribution in [0, 0.1) is 12.7 Å². The zero-order valence-electron chi connectivity index (χ0n) is 14.9. The fourth-order valence-electron chi connectivity index (χ4n) is 2.20. The fourth-order valence-corrected chi connectivity index (χ4v) is 2.20. The first-order valence-electron chi connectivity index (χ1n) is 8.08. The van der Waals surface area contributed by atoms with E-state index in [4.69, 9.17) is 9.47 Å². The Balaban J connectivity index is 0.00000338. The molecule has 0 unspecified atom stereocenters. The number of rotatable bonds is 9. The van der Waals surface area contributed by atoms with E-state index in [1.54, 1.807) is 19.2 Å². The molecule has 0 aromatic heterocycles. The summed E-state index contributed by atoms with van der Waals surface area (Å²) in [6.07, 6.45) is 0. The summed E-state index contributed by atoms with van der Waals surface area (Å²) in [6, 6.07) is 11.6. The van der Waals surface area contributed by atoms with E-state index in [0.717, 1.165) is 11.1 Å². The number of ether oxygens (including phenoxy) is 2. The molecule has 0 aliphatic carbocycles. The predicted molar refractivity (Wildman–Crippen MR) is 101 cm³/mol. The van der Waals surface area contributed by atoms with Crippen LogP contribution in [0.15, 0.2) is 42.5 Å². The van der Waals surface area contributed by atoms with Gasteiger partial charge in [0.15, 0.2) is 0 Å². The van der Waals surface area contributed by atoms with Gasteiger partial charge >= 0.3 is 0 Å². The van der Waals surface area contributed by atoms with Gasteiger partial charge in [0, 0.05) is 20.2 Å². The third-order valence-corrected chi connectivity index (χ3v) is 3.54. The number of nitrogens with one attached hydrogen (secondary N) is 2. The second-order valence-electron chi connectivity index (χ2n) is 5.60. The number of hydrogen-bond donors (Lipinski definition) is 2. The number of halogens is 2. The molecule has 2 aromatic rings. The number of carbonyl (C=O) groups excluding carboxylic acids is 1. The summed E-state index contributed by atoms with van der Waals surface area (Å²) in [5.41, 5.74) is 1.92. The molecular formula is C19H24ClFN2O3. The van der Waals surface area contributed by atoms with E-state index in [0.29, 0.717) is 31.2 Å². The molecule has 2 N–H and O–H groups in total. The van der Waals surface area contributed by atoms with Gasteiger partial charge in [0.2, 0.25) is 5.91 Å². The first-order chi connectivity index (χ1) is 12.1. The van der Waals surface area contributed by atoms with Crippen molar-refractivity contribution in [3.63, 3.8) is 0 Å². The number of hydrogen-bond acceptors (Lipinski definition) is 4. The van der Waals surface area contributed by atoms with Crippen LogP contribution in [0.1, 0.15) is 11.1 Å². The van der Waals surface area contributed by atoms with Crippen LogP contribution in [0.3, 0.4) is 0 Å². The van der Waals surface area contributed by atoms with E-state index >= 15 is 0 Å². The van der Waals surface area contributed by atoms with E-state index in [2.05, 4.69) is 10.6 Å². The maximum absolute atomic E-state index is 12.9. The van der Waals surface area contributed by atoms with Gasteiger partial charge in [-0.3, -0.25) is 4.79 Å². The van der Waals surface area contributed by atoms with E-state index in [1.807, 2.05) is 25.1 Å².